The van der Waals surface area contributed by atoms with Crippen LogP contribution in [0.5, 0.6) is 0 Å². The third kappa shape index (κ3) is 3.12. The number of aromatic nitrogens is 1. The zero-order chi connectivity index (χ0) is 13.9. The van der Waals surface area contributed by atoms with Crippen LogP contribution in [-0.4, -0.2) is 22.6 Å². The summed E-state index contributed by atoms with van der Waals surface area (Å²) in [5.74, 6) is -0.552. The minimum absolute atomic E-state index is 0.0680. The molecule has 0 atom stereocenters. The maximum atomic E-state index is 11.1. The summed E-state index contributed by atoms with van der Waals surface area (Å²) in [4.78, 5) is 16.5. The second-order valence-electron chi connectivity index (χ2n) is 4.92. The molecular weight excluding hydrogens is 260 g/mol. The fraction of sp³-hybridized carbons (Fsp3) is 0.286. The van der Waals surface area contributed by atoms with Gasteiger partial charge >= 0.3 is 5.97 Å². The number of thiophene rings is 1. The van der Waals surface area contributed by atoms with E-state index in [1.807, 2.05) is 11.4 Å². The first-order valence-corrected chi connectivity index (χ1v) is 6.85. The standard InChI is InChI=1S/C14H16N2O2S/c1-14(2,11-6-4-8-19-11)9-16-12-10(13(17)18)5-3-7-15-12/h3-8H,9H2,1-2H3,(H,15,16)(H,17,18). The van der Waals surface area contributed by atoms with Crippen LogP contribution >= 0.6 is 11.3 Å². The highest BCUT2D eigenvalue weighted by Gasteiger charge is 2.22. The number of rotatable bonds is 5. The van der Waals surface area contributed by atoms with E-state index in [9.17, 15) is 4.79 Å². The topological polar surface area (TPSA) is 62.2 Å². The van der Waals surface area contributed by atoms with Crippen LogP contribution < -0.4 is 5.32 Å². The molecular formula is C14H16N2O2S. The summed E-state index contributed by atoms with van der Waals surface area (Å²) in [6.45, 7) is 4.87. The zero-order valence-corrected chi connectivity index (χ0v) is 11.7. The van der Waals surface area contributed by atoms with E-state index in [0.717, 1.165) is 0 Å². The molecule has 2 N–H and O–H groups in total. The smallest absolute Gasteiger partial charge is 0.339 e. The average molecular weight is 276 g/mol. The van der Waals surface area contributed by atoms with Crippen molar-refractivity contribution in [3.8, 4) is 0 Å². The maximum absolute atomic E-state index is 11.1. The Morgan fingerprint density at radius 1 is 1.42 bits per heavy atom. The number of carboxylic acid groups (broad SMARTS) is 1. The van der Waals surface area contributed by atoms with Gasteiger partial charge in [-0.15, -0.1) is 11.3 Å². The monoisotopic (exact) mass is 276 g/mol. The molecule has 0 unspecified atom stereocenters. The first-order chi connectivity index (χ1) is 9.00. The molecule has 0 spiro atoms. The third-order valence-electron chi connectivity index (χ3n) is 2.92. The van der Waals surface area contributed by atoms with Gasteiger partial charge in [0.15, 0.2) is 0 Å². The lowest BCUT2D eigenvalue weighted by Gasteiger charge is -2.24. The molecule has 0 bridgehead atoms. The summed E-state index contributed by atoms with van der Waals surface area (Å²) < 4.78 is 0. The van der Waals surface area contributed by atoms with Gasteiger partial charge in [0.05, 0.1) is 0 Å². The molecule has 0 radical (unpaired) electrons. The summed E-state index contributed by atoms with van der Waals surface area (Å²) in [5, 5.41) is 14.3. The van der Waals surface area contributed by atoms with Crippen molar-refractivity contribution in [1.29, 1.82) is 0 Å². The van der Waals surface area contributed by atoms with Crippen LogP contribution in [0.25, 0.3) is 0 Å². The highest BCUT2D eigenvalue weighted by molar-refractivity contribution is 7.10. The number of pyridine rings is 1. The van der Waals surface area contributed by atoms with Gasteiger partial charge in [-0.25, -0.2) is 9.78 Å². The number of carboxylic acids is 1. The van der Waals surface area contributed by atoms with Crippen molar-refractivity contribution in [2.75, 3.05) is 11.9 Å². The highest BCUT2D eigenvalue weighted by atomic mass is 32.1. The van der Waals surface area contributed by atoms with Gasteiger partial charge in [0.2, 0.25) is 0 Å². The minimum atomic E-state index is -0.968. The van der Waals surface area contributed by atoms with Crippen LogP contribution in [0.15, 0.2) is 35.8 Å². The third-order valence-corrected chi connectivity index (χ3v) is 4.16. The first kappa shape index (κ1) is 13.5. The van der Waals surface area contributed by atoms with Crippen LogP contribution in [-0.2, 0) is 5.41 Å². The number of aromatic carboxylic acids is 1. The SMILES string of the molecule is CC(C)(CNc1ncccc1C(=O)O)c1cccs1. The molecule has 0 saturated heterocycles. The molecule has 0 fully saturated rings. The Kier molecular flexibility index (Phi) is 3.85. The van der Waals surface area contributed by atoms with Gasteiger partial charge in [0, 0.05) is 23.0 Å². The maximum Gasteiger partial charge on any atom is 0.339 e. The molecule has 2 rings (SSSR count). The quantitative estimate of drug-likeness (QED) is 0.880. The molecule has 19 heavy (non-hydrogen) atoms. The van der Waals surface area contributed by atoms with Crippen molar-refractivity contribution in [3.05, 3.63) is 46.3 Å². The van der Waals surface area contributed by atoms with Gasteiger partial charge in [-0.05, 0) is 23.6 Å². The molecule has 2 heterocycles. The molecule has 0 aliphatic heterocycles. The fourth-order valence-electron chi connectivity index (χ4n) is 1.77. The average Bonchev–Trinajstić information content (AvgIpc) is 2.91. The molecule has 0 aliphatic rings. The molecule has 0 amide bonds. The number of hydrogen-bond acceptors (Lipinski definition) is 4. The lowest BCUT2D eigenvalue weighted by Crippen LogP contribution is -2.27. The zero-order valence-electron chi connectivity index (χ0n) is 10.9. The van der Waals surface area contributed by atoms with Crippen molar-refractivity contribution in [2.24, 2.45) is 0 Å². The van der Waals surface area contributed by atoms with Crippen molar-refractivity contribution in [1.82, 2.24) is 4.98 Å². The molecule has 2 aromatic heterocycles. The lowest BCUT2D eigenvalue weighted by atomic mass is 9.91. The van der Waals surface area contributed by atoms with Crippen molar-refractivity contribution >= 4 is 23.1 Å². The van der Waals surface area contributed by atoms with Crippen LogP contribution in [0, 0.1) is 0 Å². The van der Waals surface area contributed by atoms with E-state index in [4.69, 9.17) is 5.11 Å². The molecule has 0 aliphatic carbocycles. The summed E-state index contributed by atoms with van der Waals surface area (Å²) in [6.07, 6.45) is 1.59. The van der Waals surface area contributed by atoms with E-state index in [1.54, 1.807) is 29.7 Å². The second-order valence-corrected chi connectivity index (χ2v) is 5.87. The number of carbonyl (C=O) groups is 1. The Balaban J connectivity index is 2.13. The van der Waals surface area contributed by atoms with E-state index in [-0.39, 0.29) is 11.0 Å². The first-order valence-electron chi connectivity index (χ1n) is 5.97. The number of nitrogens with one attached hydrogen (secondary N) is 1. The number of anilines is 1. The molecule has 5 heteroatoms. The fourth-order valence-corrected chi connectivity index (χ4v) is 2.63. The Bertz CT molecular complexity index is 565. The van der Waals surface area contributed by atoms with Crippen LogP contribution in [0.3, 0.4) is 0 Å². The van der Waals surface area contributed by atoms with E-state index >= 15 is 0 Å². The number of nitrogens with zero attached hydrogens (tertiary/aromatic N) is 1. The van der Waals surface area contributed by atoms with Gasteiger partial charge in [-0.3, -0.25) is 0 Å². The second kappa shape index (κ2) is 5.40. The largest absolute Gasteiger partial charge is 0.478 e. The van der Waals surface area contributed by atoms with Crippen molar-refractivity contribution in [2.45, 2.75) is 19.3 Å². The Morgan fingerprint density at radius 3 is 2.84 bits per heavy atom. The summed E-state index contributed by atoms with van der Waals surface area (Å²) in [7, 11) is 0. The van der Waals surface area contributed by atoms with E-state index < -0.39 is 5.97 Å². The van der Waals surface area contributed by atoms with Crippen LogP contribution in [0.4, 0.5) is 5.82 Å². The molecule has 0 saturated carbocycles. The van der Waals surface area contributed by atoms with Crippen LogP contribution in [0.1, 0.15) is 29.1 Å². The summed E-state index contributed by atoms with van der Waals surface area (Å²) in [5.41, 5.74) is 0.131. The van der Waals surface area contributed by atoms with E-state index in [2.05, 4.69) is 30.2 Å². The van der Waals surface area contributed by atoms with Crippen LogP contribution in [0.2, 0.25) is 0 Å². The Morgan fingerprint density at radius 2 is 2.21 bits per heavy atom. The molecule has 4 nitrogen and oxygen atoms in total. The van der Waals surface area contributed by atoms with Gasteiger partial charge in [-0.2, -0.15) is 0 Å². The molecule has 2 aromatic rings. The lowest BCUT2D eigenvalue weighted by molar-refractivity contribution is 0.0697. The van der Waals surface area contributed by atoms with Crippen molar-refractivity contribution < 1.29 is 9.90 Å². The van der Waals surface area contributed by atoms with Gasteiger partial charge in [0.25, 0.3) is 0 Å². The van der Waals surface area contributed by atoms with E-state index in [0.29, 0.717) is 12.4 Å². The van der Waals surface area contributed by atoms with Gasteiger partial charge < -0.3 is 10.4 Å². The summed E-state index contributed by atoms with van der Waals surface area (Å²) >= 11 is 1.70. The predicted octanol–water partition coefficient (Wildman–Crippen LogP) is 3.23. The van der Waals surface area contributed by atoms with E-state index in [1.165, 1.54) is 4.88 Å². The normalized spacial score (nSPS) is 11.3. The summed E-state index contributed by atoms with van der Waals surface area (Å²) in [6, 6.07) is 7.28. The number of hydrogen-bond donors (Lipinski definition) is 2. The molecule has 0 aromatic carbocycles. The van der Waals surface area contributed by atoms with Gasteiger partial charge in [0.1, 0.15) is 11.4 Å². The highest BCUT2D eigenvalue weighted by Crippen LogP contribution is 2.28. The minimum Gasteiger partial charge on any atom is -0.478 e. The Hall–Kier alpha value is -1.88. The molecule has 100 valence electrons. The Labute approximate surface area is 116 Å². The predicted molar refractivity (Wildman–Crippen MR) is 77.0 cm³/mol. The van der Waals surface area contributed by atoms with Gasteiger partial charge in [-0.1, -0.05) is 19.9 Å². The van der Waals surface area contributed by atoms with Crippen molar-refractivity contribution in [3.63, 3.8) is 0 Å².